The number of carbonyl (C=O) groups is 1. The number of carboxylic acid groups (broad SMARTS) is 1. The zero-order valence-electron chi connectivity index (χ0n) is 32.3. The van der Waals surface area contributed by atoms with E-state index in [9.17, 15) is 18.9 Å². The Morgan fingerprint density at radius 2 is 1.45 bits per heavy atom. The van der Waals surface area contributed by atoms with Crippen LogP contribution in [0.5, 0.6) is 0 Å². The van der Waals surface area contributed by atoms with Crippen molar-refractivity contribution in [3.8, 4) is 34.2 Å². The number of aromatic nitrogens is 1. The number of hydrogen-bond acceptors (Lipinski definition) is 5. The quantitative estimate of drug-likeness (QED) is 0.0713. The molecule has 6 aromatic rings. The van der Waals surface area contributed by atoms with Crippen LogP contribution < -0.4 is 10.4 Å². The molecule has 284 valence electrons. The van der Waals surface area contributed by atoms with Crippen molar-refractivity contribution in [2.24, 2.45) is 0 Å². The fourth-order valence-corrected chi connectivity index (χ4v) is 13.0. The van der Waals surface area contributed by atoms with Gasteiger partial charge in [0.05, 0.1) is 23.4 Å². The largest absolute Gasteiger partial charge is 0.511 e. The molecular weight excluding hydrogens is 737 g/mol. The van der Waals surface area contributed by atoms with Gasteiger partial charge in [-0.25, -0.2) is 4.39 Å². The molecule has 0 radical (unpaired) electrons. The highest BCUT2D eigenvalue weighted by molar-refractivity contribution is 7.39. The number of rotatable bonds is 13. The summed E-state index contributed by atoms with van der Waals surface area (Å²) < 4.78 is 40.6. The highest BCUT2D eigenvalue weighted by Gasteiger charge is 2.52. The Balaban J connectivity index is 1.31. The average molecular weight is 783 g/mol. The number of nitrogens with zero attached hydrogens (tertiary/aromatic N) is 1. The van der Waals surface area contributed by atoms with E-state index in [0.29, 0.717) is 5.56 Å². The van der Waals surface area contributed by atoms with Crippen molar-refractivity contribution in [2.75, 3.05) is 12.8 Å². The topological polar surface area (TPSA) is 85.7 Å². The summed E-state index contributed by atoms with van der Waals surface area (Å²) in [7, 11) is -5.50. The van der Waals surface area contributed by atoms with E-state index in [1.807, 2.05) is 91.0 Å². The molecule has 0 spiro atoms. The first-order valence-corrected chi connectivity index (χ1v) is 22.0. The lowest BCUT2D eigenvalue weighted by Gasteiger charge is -2.44. The second-order valence-corrected chi connectivity index (χ2v) is 20.6. The third-order valence-electron chi connectivity index (χ3n) is 9.82. The van der Waals surface area contributed by atoms with E-state index in [0.717, 1.165) is 49.2 Å². The molecule has 2 unspecified atom stereocenters. The minimum Gasteiger partial charge on any atom is -0.481 e. The summed E-state index contributed by atoms with van der Waals surface area (Å²) >= 11 is 0. The maximum Gasteiger partial charge on any atom is 0.511 e. The Labute approximate surface area is 330 Å². The minimum absolute atomic E-state index is 0.0126. The van der Waals surface area contributed by atoms with Gasteiger partial charge in [0.1, 0.15) is 11.9 Å². The standard InChI is InChI=1S/C47H45FNO5PSi/c1-33(2)46-42(43(35-25-27-36(48)28-26-35)31-44(49-46)41-23-14-17-34-16-12-13-22-40(34)41)24-15-29-53-55(52)32-37(30-45(50)51)54-56(47(3,4)5,38-18-8-6-9-19-38)39-20-10-7-11-21-39/h6-14,16-23,25-28,31,33,37H,29-30,32H2,1-5H3/p+1. The number of fused-ring (bicyclic) bond motifs is 1. The molecular formula is C47H46FNO5PSi+. The van der Waals surface area contributed by atoms with Crippen LogP contribution in [0.25, 0.3) is 33.2 Å². The molecule has 0 saturated carbocycles. The molecule has 0 bridgehead atoms. The molecule has 9 heteroatoms. The lowest BCUT2D eigenvalue weighted by atomic mass is 9.92. The number of benzene rings is 5. The summed E-state index contributed by atoms with van der Waals surface area (Å²) in [4.78, 5) is 17.3. The van der Waals surface area contributed by atoms with Crippen LogP contribution in [0.2, 0.25) is 5.04 Å². The van der Waals surface area contributed by atoms with Crippen LogP contribution in [0.3, 0.4) is 0 Å². The predicted octanol–water partition coefficient (Wildman–Crippen LogP) is 10.4. The van der Waals surface area contributed by atoms with E-state index in [2.05, 4.69) is 64.7 Å². The molecule has 0 aliphatic rings. The summed E-state index contributed by atoms with van der Waals surface area (Å²) in [6.45, 7) is 10.3. The van der Waals surface area contributed by atoms with Gasteiger partial charge in [0.2, 0.25) is 6.16 Å². The first-order chi connectivity index (χ1) is 26.9. The van der Waals surface area contributed by atoms with E-state index in [1.165, 1.54) is 12.1 Å². The zero-order chi connectivity index (χ0) is 39.9. The van der Waals surface area contributed by atoms with Gasteiger partial charge in [0.25, 0.3) is 8.32 Å². The molecule has 0 aliphatic carbocycles. The van der Waals surface area contributed by atoms with Crippen molar-refractivity contribution < 1.29 is 27.8 Å². The van der Waals surface area contributed by atoms with Crippen molar-refractivity contribution in [1.29, 1.82) is 0 Å². The first kappa shape index (κ1) is 40.4. The van der Waals surface area contributed by atoms with E-state index in [-0.39, 0.29) is 30.9 Å². The number of aliphatic carboxylic acids is 1. The van der Waals surface area contributed by atoms with Crippen molar-refractivity contribution in [3.63, 3.8) is 0 Å². The third-order valence-corrected chi connectivity index (χ3v) is 16.0. The number of pyridine rings is 1. The van der Waals surface area contributed by atoms with Crippen LogP contribution in [0.15, 0.2) is 133 Å². The monoisotopic (exact) mass is 782 g/mol. The Bertz CT molecular complexity index is 2340. The maximum absolute atomic E-state index is 14.1. The highest BCUT2D eigenvalue weighted by atomic mass is 31.1. The molecule has 6 nitrogen and oxygen atoms in total. The Hall–Kier alpha value is -5.29. The average Bonchev–Trinajstić information content (AvgIpc) is 3.18. The van der Waals surface area contributed by atoms with Crippen molar-refractivity contribution >= 4 is 43.5 Å². The van der Waals surface area contributed by atoms with Gasteiger partial charge in [0, 0.05) is 11.1 Å². The van der Waals surface area contributed by atoms with Crippen LogP contribution >= 0.6 is 8.03 Å². The van der Waals surface area contributed by atoms with Crippen LogP contribution in [0.4, 0.5) is 4.39 Å². The summed E-state index contributed by atoms with van der Waals surface area (Å²) in [6, 6.07) is 42.4. The van der Waals surface area contributed by atoms with Crippen molar-refractivity contribution in [2.45, 2.75) is 58.1 Å². The van der Waals surface area contributed by atoms with E-state index in [4.69, 9.17) is 13.9 Å². The lowest BCUT2D eigenvalue weighted by molar-refractivity contribution is -0.138. The lowest BCUT2D eigenvalue weighted by Crippen LogP contribution is -2.68. The van der Waals surface area contributed by atoms with Gasteiger partial charge in [0.15, 0.2) is 6.61 Å². The van der Waals surface area contributed by atoms with Gasteiger partial charge in [-0.3, -0.25) is 9.78 Å². The van der Waals surface area contributed by atoms with E-state index in [1.54, 1.807) is 12.1 Å². The SMILES string of the molecule is CC(C)c1nc(-c2cccc3ccccc23)cc(-c2ccc(F)cc2)c1C#CCO[P+](=O)CC(CC(=O)O)O[Si](c1ccccc1)(c1ccccc1)C(C)(C)C. The zero-order valence-corrected chi connectivity index (χ0v) is 34.2. The molecule has 0 amide bonds. The van der Waals surface area contributed by atoms with Gasteiger partial charge in [-0.2, -0.15) is 0 Å². The van der Waals surface area contributed by atoms with Crippen LogP contribution in [0, 0.1) is 17.7 Å². The molecule has 1 heterocycles. The number of halogens is 1. The van der Waals surface area contributed by atoms with E-state index < -0.39 is 33.5 Å². The fourth-order valence-electron chi connectivity index (χ4n) is 7.29. The predicted molar refractivity (Wildman–Crippen MR) is 227 cm³/mol. The third kappa shape index (κ3) is 9.04. The molecule has 6 rings (SSSR count). The Morgan fingerprint density at radius 3 is 2.05 bits per heavy atom. The smallest absolute Gasteiger partial charge is 0.481 e. The summed E-state index contributed by atoms with van der Waals surface area (Å²) in [5, 5.41) is 13.7. The molecule has 5 aromatic carbocycles. The molecule has 0 saturated heterocycles. The van der Waals surface area contributed by atoms with Gasteiger partial charge < -0.3 is 9.53 Å². The first-order valence-electron chi connectivity index (χ1n) is 18.7. The second kappa shape index (κ2) is 17.7. The van der Waals surface area contributed by atoms with Crippen LogP contribution in [-0.2, 0) is 18.3 Å². The van der Waals surface area contributed by atoms with Crippen molar-refractivity contribution in [3.05, 3.63) is 151 Å². The normalized spacial score (nSPS) is 12.6. The fraction of sp³-hybridized carbons (Fsp3) is 0.234. The highest BCUT2D eigenvalue weighted by Crippen LogP contribution is 2.40. The molecule has 2 atom stereocenters. The van der Waals surface area contributed by atoms with Gasteiger partial charge in [-0.1, -0.05) is 162 Å². The molecule has 0 fully saturated rings. The minimum atomic E-state index is -3.14. The van der Waals surface area contributed by atoms with Crippen LogP contribution in [-0.4, -0.2) is 43.2 Å². The molecule has 0 aliphatic heterocycles. The molecule has 56 heavy (non-hydrogen) atoms. The molecule has 1 N–H and O–H groups in total. The summed E-state index contributed by atoms with van der Waals surface area (Å²) in [6.07, 6.45) is -1.35. The van der Waals surface area contributed by atoms with Crippen molar-refractivity contribution in [1.82, 2.24) is 4.98 Å². The Kier molecular flexibility index (Phi) is 12.7. The number of hydrogen-bond donors (Lipinski definition) is 1. The summed E-state index contributed by atoms with van der Waals surface area (Å²) in [5.74, 6) is 4.91. The second-order valence-electron chi connectivity index (χ2n) is 15.1. The van der Waals surface area contributed by atoms with Gasteiger partial charge in [-0.05, 0) is 60.4 Å². The van der Waals surface area contributed by atoms with Gasteiger partial charge in [-0.15, -0.1) is 4.52 Å². The summed E-state index contributed by atoms with van der Waals surface area (Å²) in [5.41, 5.74) is 4.78. The van der Waals surface area contributed by atoms with E-state index >= 15 is 0 Å². The van der Waals surface area contributed by atoms with Gasteiger partial charge >= 0.3 is 14.0 Å². The maximum atomic E-state index is 14.1. The van der Waals surface area contributed by atoms with Crippen LogP contribution in [0.1, 0.15) is 58.2 Å². The molecule has 1 aromatic heterocycles. The number of carboxylic acids is 1. The Morgan fingerprint density at radius 1 is 0.839 bits per heavy atom.